The molecular formula is C11H22O3. The summed E-state index contributed by atoms with van der Waals surface area (Å²) in [4.78, 5) is 0. The molecule has 0 radical (unpaired) electrons. The Morgan fingerprint density at radius 3 is 2.36 bits per heavy atom. The van der Waals surface area contributed by atoms with Crippen molar-refractivity contribution in [2.24, 2.45) is 11.3 Å². The molecule has 0 saturated carbocycles. The van der Waals surface area contributed by atoms with Crippen molar-refractivity contribution < 1.29 is 14.9 Å². The maximum absolute atomic E-state index is 9.91. The fourth-order valence-corrected chi connectivity index (χ4v) is 1.77. The molecule has 0 aromatic carbocycles. The molecule has 0 aromatic rings. The molecule has 0 bridgehead atoms. The molecule has 14 heavy (non-hydrogen) atoms. The highest BCUT2D eigenvalue weighted by atomic mass is 16.5. The smallest absolute Gasteiger partial charge is 0.0827 e. The second-order valence-corrected chi connectivity index (χ2v) is 5.39. The van der Waals surface area contributed by atoms with E-state index in [0.29, 0.717) is 13.0 Å². The SMILES string of the molecule is CC1OCC(O)C1CC(O)C(C)(C)C. The molecule has 0 amide bonds. The zero-order chi connectivity index (χ0) is 10.9. The fourth-order valence-electron chi connectivity index (χ4n) is 1.77. The molecule has 1 heterocycles. The summed E-state index contributed by atoms with van der Waals surface area (Å²) in [6.07, 6.45) is -0.124. The summed E-state index contributed by atoms with van der Waals surface area (Å²) in [7, 11) is 0. The second kappa shape index (κ2) is 4.17. The Labute approximate surface area is 86.1 Å². The minimum absolute atomic E-state index is 0.0574. The van der Waals surface area contributed by atoms with E-state index in [-0.39, 0.29) is 23.5 Å². The van der Waals surface area contributed by atoms with Gasteiger partial charge in [-0.15, -0.1) is 0 Å². The van der Waals surface area contributed by atoms with Crippen LogP contribution in [0.3, 0.4) is 0 Å². The third kappa shape index (κ3) is 2.69. The molecule has 1 rings (SSSR count). The van der Waals surface area contributed by atoms with E-state index in [2.05, 4.69) is 0 Å². The quantitative estimate of drug-likeness (QED) is 0.707. The zero-order valence-electron chi connectivity index (χ0n) is 9.53. The summed E-state index contributed by atoms with van der Waals surface area (Å²) in [5.74, 6) is 0.0734. The van der Waals surface area contributed by atoms with Crippen molar-refractivity contribution in [1.82, 2.24) is 0 Å². The molecule has 0 spiro atoms. The topological polar surface area (TPSA) is 49.7 Å². The molecule has 0 aliphatic carbocycles. The van der Waals surface area contributed by atoms with E-state index in [1.54, 1.807) is 0 Å². The van der Waals surface area contributed by atoms with Gasteiger partial charge in [-0.3, -0.25) is 0 Å². The van der Waals surface area contributed by atoms with E-state index in [1.807, 2.05) is 27.7 Å². The number of ether oxygens (including phenoxy) is 1. The van der Waals surface area contributed by atoms with Crippen molar-refractivity contribution in [2.45, 2.75) is 52.4 Å². The molecule has 1 saturated heterocycles. The first kappa shape index (κ1) is 12.0. The highest BCUT2D eigenvalue weighted by Gasteiger charge is 2.36. The van der Waals surface area contributed by atoms with Gasteiger partial charge >= 0.3 is 0 Å². The summed E-state index contributed by atoms with van der Waals surface area (Å²) in [6, 6.07) is 0. The maximum atomic E-state index is 9.91. The lowest BCUT2D eigenvalue weighted by atomic mass is 9.81. The molecule has 0 aromatic heterocycles. The molecule has 4 unspecified atom stereocenters. The molecule has 3 heteroatoms. The lowest BCUT2D eigenvalue weighted by Crippen LogP contribution is -2.33. The van der Waals surface area contributed by atoms with Gasteiger partial charge in [0.15, 0.2) is 0 Å². The Balaban J connectivity index is 2.51. The summed E-state index contributed by atoms with van der Waals surface area (Å²) >= 11 is 0. The van der Waals surface area contributed by atoms with Crippen LogP contribution in [0.15, 0.2) is 0 Å². The zero-order valence-corrected chi connectivity index (χ0v) is 9.53. The molecule has 1 aliphatic heterocycles. The van der Waals surface area contributed by atoms with Crippen molar-refractivity contribution in [3.05, 3.63) is 0 Å². The van der Waals surface area contributed by atoms with Crippen LogP contribution < -0.4 is 0 Å². The first-order valence-electron chi connectivity index (χ1n) is 5.30. The Morgan fingerprint density at radius 1 is 1.43 bits per heavy atom. The summed E-state index contributed by atoms with van der Waals surface area (Å²) < 4.78 is 5.33. The summed E-state index contributed by atoms with van der Waals surface area (Å²) in [6.45, 7) is 8.37. The van der Waals surface area contributed by atoms with Crippen LogP contribution >= 0.6 is 0 Å². The van der Waals surface area contributed by atoms with Gasteiger partial charge in [0.25, 0.3) is 0 Å². The normalized spacial score (nSPS) is 36.0. The minimum atomic E-state index is -0.415. The maximum Gasteiger partial charge on any atom is 0.0827 e. The van der Waals surface area contributed by atoms with Crippen LogP contribution in [-0.2, 0) is 4.74 Å². The first-order chi connectivity index (χ1) is 6.32. The number of aliphatic hydroxyl groups is 2. The van der Waals surface area contributed by atoms with Gasteiger partial charge in [0.1, 0.15) is 0 Å². The van der Waals surface area contributed by atoms with Crippen molar-refractivity contribution in [1.29, 1.82) is 0 Å². The summed E-state index contributed by atoms with van der Waals surface area (Å²) in [5, 5.41) is 19.6. The predicted molar refractivity (Wildman–Crippen MR) is 55.0 cm³/mol. The van der Waals surface area contributed by atoms with E-state index in [9.17, 15) is 10.2 Å². The van der Waals surface area contributed by atoms with Crippen molar-refractivity contribution in [3.63, 3.8) is 0 Å². The third-order valence-corrected chi connectivity index (χ3v) is 3.12. The van der Waals surface area contributed by atoms with Crippen LogP contribution in [0.2, 0.25) is 0 Å². The van der Waals surface area contributed by atoms with Gasteiger partial charge in [-0.05, 0) is 18.8 Å². The fraction of sp³-hybridized carbons (Fsp3) is 1.00. The minimum Gasteiger partial charge on any atom is -0.393 e. The highest BCUT2D eigenvalue weighted by Crippen LogP contribution is 2.31. The lowest BCUT2D eigenvalue weighted by Gasteiger charge is -2.29. The van der Waals surface area contributed by atoms with Crippen LogP contribution in [0.4, 0.5) is 0 Å². The molecule has 1 fully saturated rings. The second-order valence-electron chi connectivity index (χ2n) is 5.39. The number of rotatable bonds is 2. The van der Waals surface area contributed by atoms with E-state index in [0.717, 1.165) is 0 Å². The van der Waals surface area contributed by atoms with Gasteiger partial charge in [0.05, 0.1) is 24.9 Å². The van der Waals surface area contributed by atoms with Crippen LogP contribution in [0, 0.1) is 11.3 Å². The van der Waals surface area contributed by atoms with E-state index in [4.69, 9.17) is 4.74 Å². The van der Waals surface area contributed by atoms with Gasteiger partial charge in [-0.2, -0.15) is 0 Å². The largest absolute Gasteiger partial charge is 0.393 e. The van der Waals surface area contributed by atoms with Gasteiger partial charge in [0, 0.05) is 5.92 Å². The number of hydrogen-bond acceptors (Lipinski definition) is 3. The number of aliphatic hydroxyl groups excluding tert-OH is 2. The van der Waals surface area contributed by atoms with E-state index >= 15 is 0 Å². The average molecular weight is 202 g/mol. The lowest BCUT2D eigenvalue weighted by molar-refractivity contribution is 0.0141. The van der Waals surface area contributed by atoms with Gasteiger partial charge in [-0.25, -0.2) is 0 Å². The van der Waals surface area contributed by atoms with Crippen LogP contribution in [0.1, 0.15) is 34.1 Å². The van der Waals surface area contributed by atoms with Crippen LogP contribution in [0.5, 0.6) is 0 Å². The van der Waals surface area contributed by atoms with E-state index < -0.39 is 6.10 Å². The molecular weight excluding hydrogens is 180 g/mol. The predicted octanol–water partition coefficient (Wildman–Crippen LogP) is 1.18. The van der Waals surface area contributed by atoms with Crippen LogP contribution in [-0.4, -0.2) is 35.1 Å². The average Bonchev–Trinajstić information content (AvgIpc) is 2.34. The van der Waals surface area contributed by atoms with Crippen LogP contribution in [0.25, 0.3) is 0 Å². The molecule has 84 valence electrons. The van der Waals surface area contributed by atoms with Gasteiger partial charge in [0.2, 0.25) is 0 Å². The summed E-state index contributed by atoms with van der Waals surface area (Å²) in [5.41, 5.74) is -0.123. The monoisotopic (exact) mass is 202 g/mol. The third-order valence-electron chi connectivity index (χ3n) is 3.12. The Morgan fingerprint density at radius 2 is 2.00 bits per heavy atom. The molecule has 1 aliphatic rings. The van der Waals surface area contributed by atoms with Crippen molar-refractivity contribution in [2.75, 3.05) is 6.61 Å². The number of hydrogen-bond donors (Lipinski definition) is 2. The standard InChI is InChI=1S/C11H22O3/c1-7-8(9(12)6-14-7)5-10(13)11(2,3)4/h7-10,12-13H,5-6H2,1-4H3. The molecule has 3 nitrogen and oxygen atoms in total. The van der Waals surface area contributed by atoms with Crippen molar-refractivity contribution >= 4 is 0 Å². The Kier molecular flexibility index (Phi) is 3.56. The van der Waals surface area contributed by atoms with E-state index in [1.165, 1.54) is 0 Å². The van der Waals surface area contributed by atoms with Crippen molar-refractivity contribution in [3.8, 4) is 0 Å². The first-order valence-corrected chi connectivity index (χ1v) is 5.30. The Hall–Kier alpha value is -0.120. The van der Waals surface area contributed by atoms with Gasteiger partial charge < -0.3 is 14.9 Å². The molecule has 4 atom stereocenters. The molecule has 2 N–H and O–H groups in total. The van der Waals surface area contributed by atoms with Gasteiger partial charge in [-0.1, -0.05) is 20.8 Å². The highest BCUT2D eigenvalue weighted by molar-refractivity contribution is 4.85. The Bertz CT molecular complexity index is 175.